The Kier molecular flexibility index (Phi) is 3.52. The molecule has 2 aromatic rings. The third-order valence-corrected chi connectivity index (χ3v) is 4.59. The molecule has 2 aromatic heterocycles. The molecule has 5 heteroatoms. The molecule has 1 aliphatic rings. The van der Waals surface area contributed by atoms with Gasteiger partial charge in [0.05, 0.1) is 6.04 Å². The fourth-order valence-corrected chi connectivity index (χ4v) is 3.54. The Morgan fingerprint density at radius 1 is 1.44 bits per heavy atom. The molecule has 1 N–H and O–H groups in total. The highest BCUT2D eigenvalue weighted by atomic mass is 32.2. The first-order valence-corrected chi connectivity index (χ1v) is 7.63. The minimum Gasteiger partial charge on any atom is -0.304 e. The lowest BCUT2D eigenvalue weighted by Gasteiger charge is -2.25. The van der Waals surface area contributed by atoms with Crippen LogP contribution in [0.15, 0.2) is 24.4 Å². The smallest absolute Gasteiger partial charge is 0.160 e. The molecule has 0 spiro atoms. The van der Waals surface area contributed by atoms with E-state index in [0.717, 1.165) is 11.5 Å². The van der Waals surface area contributed by atoms with Gasteiger partial charge in [-0.1, -0.05) is 6.07 Å². The molecule has 3 rings (SSSR count). The number of hydrogen-bond donors (Lipinski definition) is 1. The number of thioether (sulfide) groups is 1. The maximum absolute atomic E-state index is 4.30. The van der Waals surface area contributed by atoms with Gasteiger partial charge in [-0.2, -0.15) is 11.8 Å². The van der Waals surface area contributed by atoms with Gasteiger partial charge >= 0.3 is 0 Å². The van der Waals surface area contributed by atoms with Crippen LogP contribution in [-0.4, -0.2) is 32.1 Å². The fourth-order valence-electron chi connectivity index (χ4n) is 2.46. The van der Waals surface area contributed by atoms with E-state index in [9.17, 15) is 0 Å². The number of fused-ring (bicyclic) bond motifs is 1. The van der Waals surface area contributed by atoms with Gasteiger partial charge in [0.2, 0.25) is 0 Å². The lowest BCUT2D eigenvalue weighted by molar-refractivity contribution is 0.438. The summed E-state index contributed by atoms with van der Waals surface area (Å²) in [5.41, 5.74) is 0.916. The molecule has 0 bridgehead atoms. The van der Waals surface area contributed by atoms with Crippen LogP contribution in [0.5, 0.6) is 0 Å². The standard InChI is InChI=1S/C13H18N4S/c1-10(14-11-5-4-8-18-9-11)13-16-15-12-6-2-3-7-17(12)13/h2-3,6-7,10-11,14H,4-5,8-9H2,1H3. The van der Waals surface area contributed by atoms with Crippen molar-refractivity contribution in [1.82, 2.24) is 19.9 Å². The topological polar surface area (TPSA) is 42.2 Å². The summed E-state index contributed by atoms with van der Waals surface area (Å²) in [6, 6.07) is 6.84. The second-order valence-electron chi connectivity index (χ2n) is 4.79. The average molecular weight is 262 g/mol. The van der Waals surface area contributed by atoms with Crippen LogP contribution in [0.25, 0.3) is 5.65 Å². The molecule has 4 nitrogen and oxygen atoms in total. The predicted octanol–water partition coefficient (Wildman–Crippen LogP) is 2.28. The molecule has 0 radical (unpaired) electrons. The minimum absolute atomic E-state index is 0.242. The van der Waals surface area contributed by atoms with E-state index in [4.69, 9.17) is 0 Å². The molecule has 2 unspecified atom stereocenters. The number of pyridine rings is 1. The molecule has 18 heavy (non-hydrogen) atoms. The molecule has 0 amide bonds. The summed E-state index contributed by atoms with van der Waals surface area (Å²) >= 11 is 2.04. The summed E-state index contributed by atoms with van der Waals surface area (Å²) < 4.78 is 2.06. The predicted molar refractivity (Wildman–Crippen MR) is 74.9 cm³/mol. The number of nitrogens with zero attached hydrogens (tertiary/aromatic N) is 3. The third-order valence-electron chi connectivity index (χ3n) is 3.37. The van der Waals surface area contributed by atoms with Crippen molar-refractivity contribution in [2.24, 2.45) is 0 Å². The van der Waals surface area contributed by atoms with E-state index in [0.29, 0.717) is 6.04 Å². The molecule has 0 saturated carbocycles. The zero-order valence-electron chi connectivity index (χ0n) is 10.5. The van der Waals surface area contributed by atoms with E-state index >= 15 is 0 Å². The summed E-state index contributed by atoms with van der Waals surface area (Å²) in [4.78, 5) is 0. The molecule has 2 atom stereocenters. The molecular weight excluding hydrogens is 244 g/mol. The van der Waals surface area contributed by atoms with Crippen LogP contribution in [0.4, 0.5) is 0 Å². The lowest BCUT2D eigenvalue weighted by Crippen LogP contribution is -2.36. The fraction of sp³-hybridized carbons (Fsp3) is 0.538. The van der Waals surface area contributed by atoms with Crippen molar-refractivity contribution in [2.75, 3.05) is 11.5 Å². The van der Waals surface area contributed by atoms with Crippen molar-refractivity contribution in [1.29, 1.82) is 0 Å². The van der Waals surface area contributed by atoms with E-state index in [1.165, 1.54) is 24.3 Å². The maximum Gasteiger partial charge on any atom is 0.160 e. The number of aromatic nitrogens is 3. The van der Waals surface area contributed by atoms with Crippen LogP contribution in [0.1, 0.15) is 31.6 Å². The molecule has 1 saturated heterocycles. The second kappa shape index (κ2) is 5.28. The van der Waals surface area contributed by atoms with Gasteiger partial charge in [-0.3, -0.25) is 4.40 Å². The van der Waals surface area contributed by atoms with Crippen LogP contribution in [0, 0.1) is 0 Å². The van der Waals surface area contributed by atoms with E-state index in [1.54, 1.807) is 0 Å². The first-order chi connectivity index (χ1) is 8.84. The van der Waals surface area contributed by atoms with Crippen LogP contribution in [-0.2, 0) is 0 Å². The molecule has 0 aliphatic carbocycles. The zero-order valence-corrected chi connectivity index (χ0v) is 11.4. The SMILES string of the molecule is CC(NC1CCCSC1)c1nnc2ccccn12. The molecule has 0 aromatic carbocycles. The van der Waals surface area contributed by atoms with Crippen molar-refractivity contribution in [2.45, 2.75) is 31.8 Å². The van der Waals surface area contributed by atoms with Crippen LogP contribution < -0.4 is 5.32 Å². The normalized spacial score (nSPS) is 22.2. The average Bonchev–Trinajstić information content (AvgIpc) is 2.84. The third kappa shape index (κ3) is 2.37. The van der Waals surface area contributed by atoms with Gasteiger partial charge in [0.1, 0.15) is 0 Å². The van der Waals surface area contributed by atoms with E-state index in [1.807, 2.05) is 36.2 Å². The van der Waals surface area contributed by atoms with Crippen molar-refractivity contribution in [3.05, 3.63) is 30.2 Å². The highest BCUT2D eigenvalue weighted by Crippen LogP contribution is 2.20. The Balaban J connectivity index is 1.76. The van der Waals surface area contributed by atoms with Gasteiger partial charge in [-0.05, 0) is 37.7 Å². The van der Waals surface area contributed by atoms with E-state index in [2.05, 4.69) is 26.8 Å². The molecule has 96 valence electrons. The van der Waals surface area contributed by atoms with Gasteiger partial charge in [0.15, 0.2) is 11.5 Å². The first-order valence-electron chi connectivity index (χ1n) is 6.48. The van der Waals surface area contributed by atoms with Crippen molar-refractivity contribution in [3.8, 4) is 0 Å². The van der Waals surface area contributed by atoms with Gasteiger partial charge in [0, 0.05) is 18.0 Å². The van der Waals surface area contributed by atoms with Crippen molar-refractivity contribution in [3.63, 3.8) is 0 Å². The van der Waals surface area contributed by atoms with Crippen LogP contribution in [0.3, 0.4) is 0 Å². The number of rotatable bonds is 3. The Bertz CT molecular complexity index is 518. The second-order valence-corrected chi connectivity index (χ2v) is 5.94. The van der Waals surface area contributed by atoms with Gasteiger partial charge in [-0.25, -0.2) is 0 Å². The number of nitrogens with one attached hydrogen (secondary N) is 1. The highest BCUT2D eigenvalue weighted by Gasteiger charge is 2.19. The Morgan fingerprint density at radius 2 is 2.39 bits per heavy atom. The monoisotopic (exact) mass is 262 g/mol. The highest BCUT2D eigenvalue weighted by molar-refractivity contribution is 7.99. The molecule has 3 heterocycles. The minimum atomic E-state index is 0.242. The Labute approximate surface area is 111 Å². The lowest BCUT2D eigenvalue weighted by atomic mass is 10.1. The molecule has 1 fully saturated rings. The van der Waals surface area contributed by atoms with Gasteiger partial charge in [0.25, 0.3) is 0 Å². The van der Waals surface area contributed by atoms with Crippen LogP contribution >= 0.6 is 11.8 Å². The van der Waals surface area contributed by atoms with Crippen molar-refractivity contribution < 1.29 is 0 Å². The van der Waals surface area contributed by atoms with Crippen molar-refractivity contribution >= 4 is 17.4 Å². The molecular formula is C13H18N4S. The zero-order chi connectivity index (χ0) is 12.4. The van der Waals surface area contributed by atoms with E-state index < -0.39 is 0 Å². The summed E-state index contributed by atoms with van der Waals surface area (Å²) in [6.07, 6.45) is 4.61. The Hall–Kier alpha value is -1.07. The van der Waals surface area contributed by atoms with E-state index in [-0.39, 0.29) is 6.04 Å². The van der Waals surface area contributed by atoms with Gasteiger partial charge < -0.3 is 5.32 Å². The Morgan fingerprint density at radius 3 is 3.22 bits per heavy atom. The first kappa shape index (κ1) is 12.0. The molecule has 1 aliphatic heterocycles. The number of hydrogen-bond acceptors (Lipinski definition) is 4. The summed E-state index contributed by atoms with van der Waals surface area (Å²) in [5, 5.41) is 12.2. The summed E-state index contributed by atoms with van der Waals surface area (Å²) in [5.74, 6) is 3.52. The largest absolute Gasteiger partial charge is 0.304 e. The summed E-state index contributed by atoms with van der Waals surface area (Å²) in [7, 11) is 0. The maximum atomic E-state index is 4.30. The van der Waals surface area contributed by atoms with Gasteiger partial charge in [-0.15, -0.1) is 10.2 Å². The quantitative estimate of drug-likeness (QED) is 0.921. The van der Waals surface area contributed by atoms with Crippen LogP contribution in [0.2, 0.25) is 0 Å². The summed E-state index contributed by atoms with van der Waals surface area (Å²) in [6.45, 7) is 2.17.